The minimum atomic E-state index is -1.24. The largest absolute Gasteiger partial charge is 0.394 e. The van der Waals surface area contributed by atoms with Crippen molar-refractivity contribution in [1.82, 2.24) is 0 Å². The second kappa shape index (κ2) is 6.48. The van der Waals surface area contributed by atoms with E-state index in [1.165, 1.54) is 0 Å². The maximum atomic E-state index is 9.58. The van der Waals surface area contributed by atoms with E-state index in [0.717, 1.165) is 12.8 Å². The lowest BCUT2D eigenvalue weighted by Gasteiger charge is -2.18. The minimum absolute atomic E-state index is 0.423. The van der Waals surface area contributed by atoms with Crippen LogP contribution >= 0.6 is 0 Å². The first-order valence-corrected chi connectivity index (χ1v) is 5.54. The fourth-order valence-electron chi connectivity index (χ4n) is 1.58. The second-order valence-corrected chi connectivity index (χ2v) is 3.92. The van der Waals surface area contributed by atoms with Gasteiger partial charge in [0.1, 0.15) is 24.4 Å². The molecule has 0 unspecified atom stereocenters. The highest BCUT2D eigenvalue weighted by Crippen LogP contribution is 2.24. The van der Waals surface area contributed by atoms with Gasteiger partial charge in [0.2, 0.25) is 0 Å². The van der Waals surface area contributed by atoms with Crippen molar-refractivity contribution in [2.45, 2.75) is 50.5 Å². The van der Waals surface area contributed by atoms with E-state index in [-0.39, 0.29) is 0 Å². The SMILES string of the molecule is CCCCO[C@H]1O[C@H]([C@H](O)CO)[C@H](O)[C@H]1O. The number of rotatable bonds is 6. The average molecular weight is 236 g/mol. The van der Waals surface area contributed by atoms with Crippen molar-refractivity contribution in [2.75, 3.05) is 13.2 Å². The summed E-state index contributed by atoms with van der Waals surface area (Å²) in [6.45, 7) is 1.89. The van der Waals surface area contributed by atoms with E-state index < -0.39 is 37.3 Å². The van der Waals surface area contributed by atoms with Gasteiger partial charge < -0.3 is 29.9 Å². The fraction of sp³-hybridized carbons (Fsp3) is 1.00. The minimum Gasteiger partial charge on any atom is -0.394 e. The molecule has 1 rings (SSSR count). The van der Waals surface area contributed by atoms with Crippen LogP contribution in [0.5, 0.6) is 0 Å². The summed E-state index contributed by atoms with van der Waals surface area (Å²) in [5.74, 6) is 0. The molecular formula is C10H20O6. The quantitative estimate of drug-likeness (QED) is 0.423. The molecule has 0 aromatic rings. The highest BCUT2D eigenvalue weighted by molar-refractivity contribution is 4.90. The zero-order valence-electron chi connectivity index (χ0n) is 9.32. The molecule has 1 aliphatic heterocycles. The first-order chi connectivity index (χ1) is 7.61. The molecule has 0 aromatic carbocycles. The van der Waals surface area contributed by atoms with Gasteiger partial charge in [-0.05, 0) is 6.42 Å². The summed E-state index contributed by atoms with van der Waals surface area (Å²) in [6, 6.07) is 0. The van der Waals surface area contributed by atoms with Crippen LogP contribution in [0, 0.1) is 0 Å². The Morgan fingerprint density at radius 3 is 2.56 bits per heavy atom. The van der Waals surface area contributed by atoms with Gasteiger partial charge in [-0.1, -0.05) is 13.3 Å². The summed E-state index contributed by atoms with van der Waals surface area (Å²) < 4.78 is 10.4. The molecule has 4 N–H and O–H groups in total. The molecule has 0 saturated carbocycles. The molecule has 1 heterocycles. The lowest BCUT2D eigenvalue weighted by atomic mass is 10.1. The Morgan fingerprint density at radius 2 is 2.00 bits per heavy atom. The van der Waals surface area contributed by atoms with Crippen LogP contribution in [0.25, 0.3) is 0 Å². The standard InChI is InChI=1S/C10H20O6/c1-2-3-4-15-10-8(14)7(13)9(16-10)6(12)5-11/h6-14H,2-5H2,1H3/t6-,7-,8-,9-,10+/m1/s1. The van der Waals surface area contributed by atoms with E-state index in [1.807, 2.05) is 6.92 Å². The molecule has 0 bridgehead atoms. The van der Waals surface area contributed by atoms with Gasteiger partial charge in [-0.2, -0.15) is 0 Å². The molecule has 5 atom stereocenters. The van der Waals surface area contributed by atoms with Gasteiger partial charge in [-0.3, -0.25) is 0 Å². The molecule has 0 amide bonds. The zero-order chi connectivity index (χ0) is 12.1. The summed E-state index contributed by atoms with van der Waals surface area (Å²) in [4.78, 5) is 0. The van der Waals surface area contributed by atoms with E-state index >= 15 is 0 Å². The van der Waals surface area contributed by atoms with Crippen molar-refractivity contribution < 1.29 is 29.9 Å². The Bertz CT molecular complexity index is 200. The van der Waals surface area contributed by atoms with Crippen LogP contribution in [0.1, 0.15) is 19.8 Å². The van der Waals surface area contributed by atoms with Crippen LogP contribution in [0.2, 0.25) is 0 Å². The highest BCUT2D eigenvalue weighted by atomic mass is 16.7. The normalized spacial score (nSPS) is 36.6. The maximum absolute atomic E-state index is 9.58. The maximum Gasteiger partial charge on any atom is 0.186 e. The Hall–Kier alpha value is -0.240. The van der Waals surface area contributed by atoms with Crippen LogP contribution in [-0.4, -0.2) is 64.3 Å². The predicted octanol–water partition coefficient (Wildman–Crippen LogP) is -1.40. The van der Waals surface area contributed by atoms with Gasteiger partial charge in [0.25, 0.3) is 0 Å². The highest BCUT2D eigenvalue weighted by Gasteiger charge is 2.46. The first kappa shape index (κ1) is 13.8. The molecule has 1 saturated heterocycles. The van der Waals surface area contributed by atoms with Crippen LogP contribution in [-0.2, 0) is 9.47 Å². The summed E-state index contributed by atoms with van der Waals surface area (Å²) >= 11 is 0. The van der Waals surface area contributed by atoms with Gasteiger partial charge in [-0.15, -0.1) is 0 Å². The third-order valence-electron chi connectivity index (χ3n) is 2.60. The van der Waals surface area contributed by atoms with Crippen molar-refractivity contribution in [3.05, 3.63) is 0 Å². The lowest BCUT2D eigenvalue weighted by Crippen LogP contribution is -2.40. The van der Waals surface area contributed by atoms with Crippen LogP contribution in [0.15, 0.2) is 0 Å². The lowest BCUT2D eigenvalue weighted by molar-refractivity contribution is -0.180. The molecule has 0 aliphatic carbocycles. The van der Waals surface area contributed by atoms with E-state index in [2.05, 4.69) is 0 Å². The number of hydrogen-bond acceptors (Lipinski definition) is 6. The molecule has 1 aliphatic rings. The van der Waals surface area contributed by atoms with Crippen molar-refractivity contribution in [1.29, 1.82) is 0 Å². The smallest absolute Gasteiger partial charge is 0.186 e. The molecule has 0 aromatic heterocycles. The van der Waals surface area contributed by atoms with Gasteiger partial charge in [0.05, 0.1) is 6.61 Å². The molecule has 96 valence electrons. The van der Waals surface area contributed by atoms with Crippen molar-refractivity contribution in [3.63, 3.8) is 0 Å². The average Bonchev–Trinajstić information content (AvgIpc) is 2.57. The molecule has 0 spiro atoms. The Labute approximate surface area is 94.4 Å². The van der Waals surface area contributed by atoms with E-state index in [9.17, 15) is 15.3 Å². The van der Waals surface area contributed by atoms with Gasteiger partial charge >= 0.3 is 0 Å². The summed E-state index contributed by atoms with van der Waals surface area (Å²) in [5, 5.41) is 37.2. The zero-order valence-corrected chi connectivity index (χ0v) is 9.32. The van der Waals surface area contributed by atoms with Crippen molar-refractivity contribution in [3.8, 4) is 0 Å². The Balaban J connectivity index is 2.44. The predicted molar refractivity (Wildman–Crippen MR) is 54.6 cm³/mol. The molecule has 6 heteroatoms. The molecule has 16 heavy (non-hydrogen) atoms. The second-order valence-electron chi connectivity index (χ2n) is 3.92. The third kappa shape index (κ3) is 3.13. The topological polar surface area (TPSA) is 99.4 Å². The number of aliphatic hydroxyl groups excluding tert-OH is 4. The number of unbranched alkanes of at least 4 members (excludes halogenated alkanes) is 1. The monoisotopic (exact) mass is 236 g/mol. The first-order valence-electron chi connectivity index (χ1n) is 5.54. The molecular weight excluding hydrogens is 216 g/mol. The summed E-state index contributed by atoms with van der Waals surface area (Å²) in [6.07, 6.45) is -3.81. The van der Waals surface area contributed by atoms with Crippen molar-refractivity contribution in [2.24, 2.45) is 0 Å². The van der Waals surface area contributed by atoms with Gasteiger partial charge in [-0.25, -0.2) is 0 Å². The van der Waals surface area contributed by atoms with Crippen molar-refractivity contribution >= 4 is 0 Å². The number of aliphatic hydroxyl groups is 4. The van der Waals surface area contributed by atoms with E-state index in [0.29, 0.717) is 6.61 Å². The Kier molecular flexibility index (Phi) is 5.60. The fourth-order valence-corrected chi connectivity index (χ4v) is 1.58. The van der Waals surface area contributed by atoms with E-state index in [4.69, 9.17) is 14.6 Å². The van der Waals surface area contributed by atoms with Gasteiger partial charge in [0, 0.05) is 6.61 Å². The van der Waals surface area contributed by atoms with E-state index in [1.54, 1.807) is 0 Å². The molecule has 1 fully saturated rings. The Morgan fingerprint density at radius 1 is 1.31 bits per heavy atom. The molecule has 6 nitrogen and oxygen atoms in total. The number of hydrogen-bond donors (Lipinski definition) is 4. The summed E-state index contributed by atoms with van der Waals surface area (Å²) in [7, 11) is 0. The van der Waals surface area contributed by atoms with Gasteiger partial charge in [0.15, 0.2) is 6.29 Å². The van der Waals surface area contributed by atoms with Crippen LogP contribution in [0.3, 0.4) is 0 Å². The third-order valence-corrected chi connectivity index (χ3v) is 2.60. The summed E-state index contributed by atoms with van der Waals surface area (Å²) in [5.41, 5.74) is 0. The van der Waals surface area contributed by atoms with Crippen LogP contribution in [0.4, 0.5) is 0 Å². The van der Waals surface area contributed by atoms with Crippen LogP contribution < -0.4 is 0 Å². The number of ether oxygens (including phenoxy) is 2. The molecule has 0 radical (unpaired) electrons.